The fourth-order valence-electron chi connectivity index (χ4n) is 6.95. The minimum absolute atomic E-state index is 0.898. The highest BCUT2D eigenvalue weighted by Crippen LogP contribution is 2.45. The number of anilines is 3. The molecule has 46 heavy (non-hydrogen) atoms. The van der Waals surface area contributed by atoms with Gasteiger partial charge in [-0.05, 0) is 63.9 Å². The van der Waals surface area contributed by atoms with E-state index in [1.807, 2.05) is 0 Å². The van der Waals surface area contributed by atoms with Gasteiger partial charge in [0.25, 0.3) is 0 Å². The Hall–Kier alpha value is -6.12. The molecule has 0 radical (unpaired) electrons. The molecule has 1 heterocycles. The minimum atomic E-state index is 0.898. The van der Waals surface area contributed by atoms with Gasteiger partial charge in [-0.15, -0.1) is 0 Å². The first-order chi connectivity index (χ1) is 22.8. The number of benzene rings is 8. The van der Waals surface area contributed by atoms with Gasteiger partial charge in [0.1, 0.15) is 11.2 Å². The molecule has 9 aromatic rings. The van der Waals surface area contributed by atoms with E-state index in [-0.39, 0.29) is 0 Å². The van der Waals surface area contributed by atoms with Gasteiger partial charge in [0.15, 0.2) is 0 Å². The summed E-state index contributed by atoms with van der Waals surface area (Å²) in [5.74, 6) is 0. The second-order valence-electron chi connectivity index (χ2n) is 11.7. The van der Waals surface area contributed by atoms with Crippen LogP contribution in [0.1, 0.15) is 0 Å². The monoisotopic (exact) mass is 587 g/mol. The molecule has 8 aromatic carbocycles. The van der Waals surface area contributed by atoms with Crippen LogP contribution in [0.3, 0.4) is 0 Å². The van der Waals surface area contributed by atoms with Crippen molar-refractivity contribution >= 4 is 60.5 Å². The summed E-state index contributed by atoms with van der Waals surface area (Å²) in [7, 11) is 0. The van der Waals surface area contributed by atoms with Crippen molar-refractivity contribution in [1.29, 1.82) is 0 Å². The summed E-state index contributed by atoms with van der Waals surface area (Å²) in [6.07, 6.45) is 0. The fourth-order valence-corrected chi connectivity index (χ4v) is 6.95. The molecule has 216 valence electrons. The maximum atomic E-state index is 6.55. The zero-order chi connectivity index (χ0) is 30.5. The number of fused-ring (bicyclic) bond motifs is 6. The molecule has 0 atom stereocenters. The number of rotatable bonds is 5. The highest BCUT2D eigenvalue weighted by Gasteiger charge is 2.20. The Morgan fingerprint density at radius 2 is 1.02 bits per heavy atom. The van der Waals surface area contributed by atoms with E-state index in [0.717, 1.165) is 55.5 Å². The van der Waals surface area contributed by atoms with Crippen LogP contribution in [0.4, 0.5) is 17.1 Å². The molecule has 0 bridgehead atoms. The summed E-state index contributed by atoms with van der Waals surface area (Å²) in [5, 5.41) is 7.00. The third-order valence-electron chi connectivity index (χ3n) is 9.04. The Kier molecular flexibility index (Phi) is 6.17. The van der Waals surface area contributed by atoms with E-state index < -0.39 is 0 Å². The average molecular weight is 588 g/mol. The van der Waals surface area contributed by atoms with Crippen molar-refractivity contribution in [1.82, 2.24) is 0 Å². The van der Waals surface area contributed by atoms with E-state index in [4.69, 9.17) is 4.42 Å². The summed E-state index contributed by atoms with van der Waals surface area (Å²) in [6, 6.07) is 62.7. The maximum Gasteiger partial charge on any atom is 0.143 e. The predicted molar refractivity (Wildman–Crippen MR) is 194 cm³/mol. The van der Waals surface area contributed by atoms with Gasteiger partial charge in [0.2, 0.25) is 0 Å². The van der Waals surface area contributed by atoms with Crippen LogP contribution in [0.15, 0.2) is 180 Å². The minimum Gasteiger partial charge on any atom is -0.455 e. The normalized spacial score (nSPS) is 11.5. The topological polar surface area (TPSA) is 16.4 Å². The van der Waals surface area contributed by atoms with Crippen molar-refractivity contribution in [2.45, 2.75) is 0 Å². The van der Waals surface area contributed by atoms with Gasteiger partial charge in [0, 0.05) is 32.8 Å². The highest BCUT2D eigenvalue weighted by atomic mass is 16.3. The summed E-state index contributed by atoms with van der Waals surface area (Å²) in [6.45, 7) is 0. The second kappa shape index (κ2) is 10.8. The second-order valence-corrected chi connectivity index (χ2v) is 11.7. The molecule has 0 unspecified atom stereocenters. The SMILES string of the molecule is c1ccc(-c2ccccc2N(c2cccc(-c3cccc4oc5c6ccccc6ccc5c34)c2)c2cccc3ccccc23)cc1. The largest absolute Gasteiger partial charge is 0.455 e. The van der Waals surface area contributed by atoms with E-state index in [2.05, 4.69) is 181 Å². The molecule has 0 aliphatic heterocycles. The summed E-state index contributed by atoms with van der Waals surface area (Å²) < 4.78 is 6.55. The van der Waals surface area contributed by atoms with Crippen LogP contribution < -0.4 is 4.90 Å². The van der Waals surface area contributed by atoms with Crippen LogP contribution in [0.25, 0.3) is 65.7 Å². The van der Waals surface area contributed by atoms with E-state index in [1.165, 1.54) is 27.3 Å². The lowest BCUT2D eigenvalue weighted by atomic mass is 9.97. The standard InChI is InChI=1S/C44H29NO/c1-2-13-30(14-3-1)35-21-8-9-24-40(35)45(41-25-11-17-31-15-4-6-20-36(31)41)34-19-10-18-33(29-34)37-23-12-26-42-43(37)39-28-27-32-16-5-7-22-38(32)44(39)46-42/h1-29H. The van der Waals surface area contributed by atoms with E-state index >= 15 is 0 Å². The molecule has 0 aliphatic rings. The molecule has 2 nitrogen and oxygen atoms in total. The molecule has 0 aliphatic carbocycles. The van der Waals surface area contributed by atoms with E-state index in [0.29, 0.717) is 0 Å². The summed E-state index contributed by atoms with van der Waals surface area (Å²) in [4.78, 5) is 2.41. The van der Waals surface area contributed by atoms with Gasteiger partial charge in [-0.3, -0.25) is 0 Å². The molecule has 0 fully saturated rings. The van der Waals surface area contributed by atoms with Gasteiger partial charge in [-0.2, -0.15) is 0 Å². The first kappa shape index (κ1) is 26.3. The Morgan fingerprint density at radius 3 is 1.91 bits per heavy atom. The molecular weight excluding hydrogens is 558 g/mol. The lowest BCUT2D eigenvalue weighted by Gasteiger charge is -2.29. The molecule has 9 rings (SSSR count). The molecular formula is C44H29NO. The van der Waals surface area contributed by atoms with Crippen molar-refractivity contribution < 1.29 is 4.42 Å². The van der Waals surface area contributed by atoms with Crippen molar-refractivity contribution in [3.05, 3.63) is 176 Å². The maximum absolute atomic E-state index is 6.55. The summed E-state index contributed by atoms with van der Waals surface area (Å²) >= 11 is 0. The number of nitrogens with zero attached hydrogens (tertiary/aromatic N) is 1. The molecule has 0 saturated heterocycles. The Morgan fingerprint density at radius 1 is 0.391 bits per heavy atom. The average Bonchev–Trinajstić information content (AvgIpc) is 3.52. The van der Waals surface area contributed by atoms with Crippen LogP contribution >= 0.6 is 0 Å². The van der Waals surface area contributed by atoms with Crippen LogP contribution in [-0.4, -0.2) is 0 Å². The predicted octanol–water partition coefficient (Wildman–Crippen LogP) is 12.7. The van der Waals surface area contributed by atoms with Gasteiger partial charge in [-0.25, -0.2) is 0 Å². The Bertz CT molecular complexity index is 2540. The van der Waals surface area contributed by atoms with E-state index in [9.17, 15) is 0 Å². The molecule has 2 heteroatoms. The summed E-state index contributed by atoms with van der Waals surface area (Å²) in [5.41, 5.74) is 9.84. The van der Waals surface area contributed by atoms with Gasteiger partial charge < -0.3 is 9.32 Å². The zero-order valence-corrected chi connectivity index (χ0v) is 25.1. The van der Waals surface area contributed by atoms with E-state index in [1.54, 1.807) is 0 Å². The van der Waals surface area contributed by atoms with Crippen LogP contribution in [0.2, 0.25) is 0 Å². The molecule has 0 N–H and O–H groups in total. The van der Waals surface area contributed by atoms with Crippen molar-refractivity contribution in [3.8, 4) is 22.3 Å². The van der Waals surface area contributed by atoms with Crippen molar-refractivity contribution in [2.24, 2.45) is 0 Å². The number of hydrogen-bond donors (Lipinski definition) is 0. The lowest BCUT2D eigenvalue weighted by Crippen LogP contribution is -2.11. The quantitative estimate of drug-likeness (QED) is 0.199. The third-order valence-corrected chi connectivity index (χ3v) is 9.04. The fraction of sp³-hybridized carbons (Fsp3) is 0. The van der Waals surface area contributed by atoms with Crippen molar-refractivity contribution in [3.63, 3.8) is 0 Å². The van der Waals surface area contributed by atoms with Gasteiger partial charge in [0.05, 0.1) is 11.4 Å². The number of para-hydroxylation sites is 1. The van der Waals surface area contributed by atoms with Gasteiger partial charge in [-0.1, -0.05) is 140 Å². The van der Waals surface area contributed by atoms with Crippen LogP contribution in [0.5, 0.6) is 0 Å². The molecule has 0 amide bonds. The lowest BCUT2D eigenvalue weighted by molar-refractivity contribution is 0.673. The Labute approximate surface area is 267 Å². The molecule has 0 spiro atoms. The van der Waals surface area contributed by atoms with Crippen LogP contribution in [-0.2, 0) is 0 Å². The Balaban J connectivity index is 1.29. The number of hydrogen-bond acceptors (Lipinski definition) is 2. The third kappa shape index (κ3) is 4.27. The smallest absolute Gasteiger partial charge is 0.143 e. The highest BCUT2D eigenvalue weighted by molar-refractivity contribution is 6.19. The first-order valence-corrected chi connectivity index (χ1v) is 15.7. The number of furan rings is 1. The van der Waals surface area contributed by atoms with Crippen molar-refractivity contribution in [2.75, 3.05) is 4.90 Å². The van der Waals surface area contributed by atoms with Gasteiger partial charge >= 0.3 is 0 Å². The molecule has 0 saturated carbocycles. The van der Waals surface area contributed by atoms with Crippen LogP contribution in [0, 0.1) is 0 Å². The first-order valence-electron chi connectivity index (χ1n) is 15.7. The zero-order valence-electron chi connectivity index (χ0n) is 25.1. The molecule has 1 aromatic heterocycles.